The van der Waals surface area contributed by atoms with Gasteiger partial charge in [0.1, 0.15) is 8.64 Å². The predicted molar refractivity (Wildman–Crippen MR) is 48.8 cm³/mol. The maximum absolute atomic E-state index is 4.89. The molecule has 5 heteroatoms. The first kappa shape index (κ1) is 7.24. The Morgan fingerprint density at radius 1 is 1.11 bits per heavy atom. The Labute approximate surface area is 68.8 Å². The van der Waals surface area contributed by atoms with E-state index in [2.05, 4.69) is 10.6 Å². The molecule has 2 N–H and O–H groups in total. The third-order valence-corrected chi connectivity index (χ3v) is 2.30. The molecule has 50 valence electrons. The fraction of sp³-hybridized carbons (Fsp3) is 0.500. The van der Waals surface area contributed by atoms with Gasteiger partial charge in [0.25, 0.3) is 0 Å². The van der Waals surface area contributed by atoms with Crippen molar-refractivity contribution in [3.05, 3.63) is 0 Å². The molecule has 1 saturated heterocycles. The van der Waals surface area contributed by atoms with E-state index in [1.54, 1.807) is 0 Å². The predicted octanol–water partition coefficient (Wildman–Crippen LogP) is 0.482. The van der Waals surface area contributed by atoms with E-state index in [4.69, 9.17) is 24.4 Å². The summed E-state index contributed by atoms with van der Waals surface area (Å²) in [6.45, 7) is 1.73. The Kier molecular flexibility index (Phi) is 2.68. The van der Waals surface area contributed by atoms with E-state index < -0.39 is 0 Å². The first-order valence-electron chi connectivity index (χ1n) is 2.52. The SMILES string of the molecule is S=C1NCCNC(=S)S1. The Morgan fingerprint density at radius 3 is 2.00 bits per heavy atom. The van der Waals surface area contributed by atoms with Crippen molar-refractivity contribution in [1.29, 1.82) is 0 Å². The number of thiocarbonyl (C=S) groups is 2. The lowest BCUT2D eigenvalue weighted by Crippen LogP contribution is -2.24. The molecular weight excluding hydrogens is 172 g/mol. The van der Waals surface area contributed by atoms with Gasteiger partial charge >= 0.3 is 0 Å². The zero-order valence-corrected chi connectivity index (χ0v) is 7.09. The van der Waals surface area contributed by atoms with Crippen molar-refractivity contribution in [1.82, 2.24) is 10.6 Å². The lowest BCUT2D eigenvalue weighted by atomic mass is 10.6. The van der Waals surface area contributed by atoms with Crippen molar-refractivity contribution in [2.24, 2.45) is 0 Å². The number of thioether (sulfide) groups is 1. The van der Waals surface area contributed by atoms with Crippen LogP contribution in [-0.4, -0.2) is 21.7 Å². The molecule has 0 aromatic rings. The molecule has 1 aliphatic heterocycles. The Bertz CT molecular complexity index is 129. The molecule has 1 fully saturated rings. The van der Waals surface area contributed by atoms with Gasteiger partial charge in [-0.05, 0) is 11.8 Å². The van der Waals surface area contributed by atoms with Gasteiger partial charge in [-0.3, -0.25) is 0 Å². The van der Waals surface area contributed by atoms with Gasteiger partial charge in [0.2, 0.25) is 0 Å². The zero-order valence-electron chi connectivity index (χ0n) is 4.64. The van der Waals surface area contributed by atoms with Crippen molar-refractivity contribution >= 4 is 44.8 Å². The molecule has 0 radical (unpaired) electrons. The first-order valence-corrected chi connectivity index (χ1v) is 4.16. The molecule has 0 aromatic heterocycles. The van der Waals surface area contributed by atoms with Gasteiger partial charge in [0.15, 0.2) is 0 Å². The second-order valence-corrected chi connectivity index (χ2v) is 3.88. The molecular formula is C4H6N2S3. The quantitative estimate of drug-likeness (QED) is 0.526. The van der Waals surface area contributed by atoms with Crippen molar-refractivity contribution in [3.8, 4) is 0 Å². The third kappa shape index (κ3) is 2.47. The summed E-state index contributed by atoms with van der Waals surface area (Å²) in [5.41, 5.74) is 0. The highest BCUT2D eigenvalue weighted by Gasteiger charge is 2.05. The minimum absolute atomic E-state index is 0.769. The molecule has 1 aliphatic rings. The molecule has 0 aromatic carbocycles. The Balaban J connectivity index is 2.47. The topological polar surface area (TPSA) is 24.1 Å². The van der Waals surface area contributed by atoms with Crippen LogP contribution in [0.25, 0.3) is 0 Å². The van der Waals surface area contributed by atoms with Crippen molar-refractivity contribution < 1.29 is 0 Å². The summed E-state index contributed by atoms with van der Waals surface area (Å²) < 4.78 is 1.54. The molecule has 0 saturated carbocycles. The summed E-state index contributed by atoms with van der Waals surface area (Å²) in [6.07, 6.45) is 0. The second-order valence-electron chi connectivity index (χ2n) is 1.53. The van der Waals surface area contributed by atoms with E-state index in [1.807, 2.05) is 0 Å². The number of nitrogens with one attached hydrogen (secondary N) is 2. The van der Waals surface area contributed by atoms with Crippen molar-refractivity contribution in [2.75, 3.05) is 13.1 Å². The minimum atomic E-state index is 0.769. The lowest BCUT2D eigenvalue weighted by molar-refractivity contribution is 0.838. The third-order valence-electron chi connectivity index (χ3n) is 0.849. The largest absolute Gasteiger partial charge is 0.369 e. The molecule has 0 amide bonds. The van der Waals surface area contributed by atoms with Crippen LogP contribution in [0.4, 0.5) is 0 Å². The highest BCUT2D eigenvalue weighted by molar-refractivity contribution is 8.37. The Morgan fingerprint density at radius 2 is 1.56 bits per heavy atom. The Hall–Kier alpha value is 0.130. The molecule has 1 rings (SSSR count). The van der Waals surface area contributed by atoms with E-state index in [1.165, 1.54) is 11.8 Å². The summed E-state index contributed by atoms with van der Waals surface area (Å²) >= 11 is 11.2. The molecule has 0 atom stereocenters. The van der Waals surface area contributed by atoms with Crippen molar-refractivity contribution in [3.63, 3.8) is 0 Å². The van der Waals surface area contributed by atoms with E-state index in [9.17, 15) is 0 Å². The average molecular weight is 178 g/mol. The number of hydrogen-bond donors (Lipinski definition) is 2. The molecule has 2 nitrogen and oxygen atoms in total. The summed E-state index contributed by atoms with van der Waals surface area (Å²) in [5, 5.41) is 6.04. The fourth-order valence-corrected chi connectivity index (χ4v) is 1.86. The standard InChI is InChI=1S/C4H6N2S3/c7-3-5-1-2-6-4(8)9-3/h1-2H2,(H,5,7)(H,6,8). The van der Waals surface area contributed by atoms with Gasteiger partial charge in [-0.2, -0.15) is 0 Å². The van der Waals surface area contributed by atoms with E-state index in [0.717, 1.165) is 21.7 Å². The fourth-order valence-electron chi connectivity index (χ4n) is 0.485. The smallest absolute Gasteiger partial charge is 0.140 e. The summed E-state index contributed by atoms with van der Waals surface area (Å²) in [4.78, 5) is 0. The normalized spacial score (nSPS) is 20.0. The maximum atomic E-state index is 4.89. The molecule has 9 heavy (non-hydrogen) atoms. The van der Waals surface area contributed by atoms with Gasteiger partial charge in [-0.1, -0.05) is 24.4 Å². The average Bonchev–Trinajstić information content (AvgIpc) is 1.93. The molecule has 0 bridgehead atoms. The van der Waals surface area contributed by atoms with Crippen LogP contribution in [0.15, 0.2) is 0 Å². The minimum Gasteiger partial charge on any atom is -0.369 e. The molecule has 0 spiro atoms. The number of hydrogen-bond acceptors (Lipinski definition) is 3. The highest BCUT2D eigenvalue weighted by atomic mass is 32.2. The first-order chi connectivity index (χ1) is 4.29. The zero-order chi connectivity index (χ0) is 6.69. The van der Waals surface area contributed by atoms with Gasteiger partial charge in [-0.15, -0.1) is 0 Å². The van der Waals surface area contributed by atoms with Crippen LogP contribution in [0.5, 0.6) is 0 Å². The maximum Gasteiger partial charge on any atom is 0.140 e. The van der Waals surface area contributed by atoms with E-state index in [-0.39, 0.29) is 0 Å². The molecule has 0 unspecified atom stereocenters. The molecule has 0 aliphatic carbocycles. The second kappa shape index (κ2) is 3.34. The van der Waals surface area contributed by atoms with Crippen LogP contribution < -0.4 is 10.6 Å². The lowest BCUT2D eigenvalue weighted by Gasteiger charge is -1.96. The summed E-state index contributed by atoms with van der Waals surface area (Å²) in [5.74, 6) is 0. The van der Waals surface area contributed by atoms with E-state index in [0.29, 0.717) is 0 Å². The van der Waals surface area contributed by atoms with Gasteiger partial charge in [-0.25, -0.2) is 0 Å². The summed E-state index contributed by atoms with van der Waals surface area (Å²) in [7, 11) is 0. The monoisotopic (exact) mass is 178 g/mol. The highest BCUT2D eigenvalue weighted by Crippen LogP contribution is 2.04. The van der Waals surface area contributed by atoms with Crippen LogP contribution in [-0.2, 0) is 0 Å². The van der Waals surface area contributed by atoms with Gasteiger partial charge in [0.05, 0.1) is 0 Å². The van der Waals surface area contributed by atoms with E-state index >= 15 is 0 Å². The van der Waals surface area contributed by atoms with Crippen LogP contribution >= 0.6 is 36.2 Å². The molecule has 1 heterocycles. The van der Waals surface area contributed by atoms with Crippen LogP contribution in [0.3, 0.4) is 0 Å². The van der Waals surface area contributed by atoms with Gasteiger partial charge < -0.3 is 10.6 Å². The van der Waals surface area contributed by atoms with Crippen LogP contribution in [0.2, 0.25) is 0 Å². The number of rotatable bonds is 0. The van der Waals surface area contributed by atoms with Crippen molar-refractivity contribution in [2.45, 2.75) is 0 Å². The summed E-state index contributed by atoms with van der Waals surface area (Å²) in [6, 6.07) is 0. The van der Waals surface area contributed by atoms with Gasteiger partial charge in [0, 0.05) is 13.1 Å². The van der Waals surface area contributed by atoms with Crippen LogP contribution in [0, 0.1) is 0 Å². The van der Waals surface area contributed by atoms with Crippen LogP contribution in [0.1, 0.15) is 0 Å².